The van der Waals surface area contributed by atoms with Crippen LogP contribution in [0.15, 0.2) is 35.3 Å². The van der Waals surface area contributed by atoms with E-state index in [0.29, 0.717) is 0 Å². The van der Waals surface area contributed by atoms with Crippen molar-refractivity contribution < 1.29 is 0 Å². The van der Waals surface area contributed by atoms with E-state index in [0.717, 1.165) is 12.8 Å². The third kappa shape index (κ3) is 2.60. The van der Waals surface area contributed by atoms with Crippen LogP contribution in [0.25, 0.3) is 0 Å². The molecule has 2 heterocycles. The van der Waals surface area contributed by atoms with Gasteiger partial charge >= 0.3 is 0 Å². The molecule has 4 heteroatoms. The molecule has 0 aliphatic carbocycles. The fourth-order valence-corrected chi connectivity index (χ4v) is 3.64. The SMILES string of the molecule is CCc1cc(C2N=CNc3ccccc32)c(CC)s1.Cl. The second-order valence-electron chi connectivity index (χ2n) is 4.71. The number of rotatable bonds is 3. The highest BCUT2D eigenvalue weighted by molar-refractivity contribution is 7.12. The summed E-state index contributed by atoms with van der Waals surface area (Å²) in [7, 11) is 0. The summed E-state index contributed by atoms with van der Waals surface area (Å²) >= 11 is 1.93. The van der Waals surface area contributed by atoms with Crippen LogP contribution < -0.4 is 5.32 Å². The summed E-state index contributed by atoms with van der Waals surface area (Å²) in [6, 6.07) is 10.9. The van der Waals surface area contributed by atoms with Gasteiger partial charge < -0.3 is 5.32 Å². The van der Waals surface area contributed by atoms with E-state index in [-0.39, 0.29) is 18.4 Å². The Bertz CT molecular complexity index is 619. The number of para-hydroxylation sites is 1. The first-order valence-electron chi connectivity index (χ1n) is 6.82. The van der Waals surface area contributed by atoms with E-state index in [1.165, 1.54) is 26.6 Å². The molecule has 0 bridgehead atoms. The highest BCUT2D eigenvalue weighted by Crippen LogP contribution is 2.38. The molecule has 1 aromatic heterocycles. The van der Waals surface area contributed by atoms with E-state index in [9.17, 15) is 0 Å². The number of nitrogens with one attached hydrogen (secondary N) is 1. The van der Waals surface area contributed by atoms with Gasteiger partial charge in [-0.25, -0.2) is 0 Å². The zero-order valence-corrected chi connectivity index (χ0v) is 13.4. The fraction of sp³-hybridized carbons (Fsp3) is 0.312. The molecule has 20 heavy (non-hydrogen) atoms. The standard InChI is InChI=1S/C16H18N2S.ClH/c1-3-11-9-13(15(4-2)19-11)16-12-7-5-6-8-14(12)17-10-18-16;/h5-10,16H,3-4H2,1-2H3,(H,17,18);1H. The molecule has 0 spiro atoms. The number of aryl methyl sites for hydroxylation is 2. The molecular formula is C16H19ClN2S. The van der Waals surface area contributed by atoms with E-state index in [2.05, 4.69) is 54.5 Å². The number of aliphatic imine (C=N–C) groups is 1. The Hall–Kier alpha value is -1.32. The van der Waals surface area contributed by atoms with E-state index in [1.54, 1.807) is 0 Å². The third-order valence-corrected chi connectivity index (χ3v) is 5.00. The van der Waals surface area contributed by atoms with Gasteiger partial charge in [-0.3, -0.25) is 4.99 Å². The minimum absolute atomic E-state index is 0. The molecule has 0 saturated carbocycles. The first-order chi connectivity index (χ1) is 9.33. The molecule has 106 valence electrons. The summed E-state index contributed by atoms with van der Waals surface area (Å²) in [6.45, 7) is 4.44. The Morgan fingerprint density at radius 1 is 1.15 bits per heavy atom. The van der Waals surface area contributed by atoms with Gasteiger partial charge in [-0.15, -0.1) is 23.7 Å². The summed E-state index contributed by atoms with van der Waals surface area (Å²) in [6.07, 6.45) is 4.02. The van der Waals surface area contributed by atoms with Crippen LogP contribution >= 0.6 is 23.7 Å². The maximum atomic E-state index is 4.67. The number of thiophene rings is 1. The van der Waals surface area contributed by atoms with Crippen LogP contribution in [0.1, 0.15) is 40.8 Å². The summed E-state index contributed by atoms with van der Waals surface area (Å²) in [4.78, 5) is 7.59. The lowest BCUT2D eigenvalue weighted by atomic mass is 9.96. The van der Waals surface area contributed by atoms with Gasteiger partial charge in [0.05, 0.1) is 6.34 Å². The lowest BCUT2D eigenvalue weighted by molar-refractivity contribution is 0.858. The Morgan fingerprint density at radius 3 is 2.70 bits per heavy atom. The quantitative estimate of drug-likeness (QED) is 0.862. The minimum Gasteiger partial charge on any atom is -0.346 e. The topological polar surface area (TPSA) is 24.4 Å². The molecule has 3 rings (SSSR count). The highest BCUT2D eigenvalue weighted by atomic mass is 35.5. The molecule has 0 fully saturated rings. The maximum absolute atomic E-state index is 4.67. The van der Waals surface area contributed by atoms with Gasteiger partial charge in [0.15, 0.2) is 0 Å². The highest BCUT2D eigenvalue weighted by Gasteiger charge is 2.22. The van der Waals surface area contributed by atoms with Gasteiger partial charge in [0.1, 0.15) is 6.04 Å². The van der Waals surface area contributed by atoms with Crippen molar-refractivity contribution in [3.63, 3.8) is 0 Å². The van der Waals surface area contributed by atoms with Crippen molar-refractivity contribution in [1.82, 2.24) is 0 Å². The van der Waals surface area contributed by atoms with Gasteiger partial charge in [0.2, 0.25) is 0 Å². The zero-order valence-electron chi connectivity index (χ0n) is 11.7. The summed E-state index contributed by atoms with van der Waals surface area (Å²) < 4.78 is 0. The summed E-state index contributed by atoms with van der Waals surface area (Å²) in [5.74, 6) is 0. The van der Waals surface area contributed by atoms with Crippen LogP contribution in [0.3, 0.4) is 0 Å². The molecular weight excluding hydrogens is 288 g/mol. The average Bonchev–Trinajstić information content (AvgIpc) is 2.90. The Morgan fingerprint density at radius 2 is 1.95 bits per heavy atom. The van der Waals surface area contributed by atoms with Crippen LogP contribution in [-0.4, -0.2) is 6.34 Å². The zero-order chi connectivity index (χ0) is 13.2. The maximum Gasteiger partial charge on any atom is 0.105 e. The number of anilines is 1. The van der Waals surface area contributed by atoms with Crippen molar-refractivity contribution in [3.05, 3.63) is 51.2 Å². The van der Waals surface area contributed by atoms with E-state index < -0.39 is 0 Å². The van der Waals surface area contributed by atoms with Crippen LogP contribution in [0.5, 0.6) is 0 Å². The smallest absolute Gasteiger partial charge is 0.105 e. The number of fused-ring (bicyclic) bond motifs is 1. The van der Waals surface area contributed by atoms with Gasteiger partial charge in [0.25, 0.3) is 0 Å². The van der Waals surface area contributed by atoms with Crippen molar-refractivity contribution in [1.29, 1.82) is 0 Å². The molecule has 2 aromatic rings. The van der Waals surface area contributed by atoms with Crippen LogP contribution in [0.2, 0.25) is 0 Å². The van der Waals surface area contributed by atoms with Crippen LogP contribution in [0, 0.1) is 0 Å². The largest absolute Gasteiger partial charge is 0.346 e. The minimum atomic E-state index is 0. The number of hydrogen-bond donors (Lipinski definition) is 1. The number of hydrogen-bond acceptors (Lipinski definition) is 3. The van der Waals surface area contributed by atoms with Gasteiger partial charge in [-0.1, -0.05) is 32.0 Å². The summed E-state index contributed by atoms with van der Waals surface area (Å²) in [5, 5.41) is 3.23. The predicted octanol–water partition coefficient (Wildman–Crippen LogP) is 4.84. The first kappa shape index (κ1) is 15.1. The van der Waals surface area contributed by atoms with Crippen molar-refractivity contribution in [2.45, 2.75) is 32.7 Å². The number of halogens is 1. The van der Waals surface area contributed by atoms with Crippen molar-refractivity contribution >= 4 is 35.8 Å². The number of benzene rings is 1. The first-order valence-corrected chi connectivity index (χ1v) is 7.63. The molecule has 1 unspecified atom stereocenters. The lowest BCUT2D eigenvalue weighted by Gasteiger charge is -2.21. The van der Waals surface area contributed by atoms with Gasteiger partial charge in [0, 0.05) is 21.0 Å². The second-order valence-corrected chi connectivity index (χ2v) is 5.93. The third-order valence-electron chi connectivity index (χ3n) is 3.56. The molecule has 1 aliphatic rings. The normalized spacial score (nSPS) is 16.2. The Balaban J connectivity index is 0.00000147. The van der Waals surface area contributed by atoms with Gasteiger partial charge in [-0.2, -0.15) is 0 Å². The lowest BCUT2D eigenvalue weighted by Crippen LogP contribution is -2.11. The van der Waals surface area contributed by atoms with Crippen LogP contribution in [-0.2, 0) is 12.8 Å². The molecule has 0 amide bonds. The van der Waals surface area contributed by atoms with E-state index >= 15 is 0 Å². The molecule has 2 nitrogen and oxygen atoms in total. The predicted molar refractivity (Wildman–Crippen MR) is 90.7 cm³/mol. The fourth-order valence-electron chi connectivity index (χ4n) is 2.56. The molecule has 0 saturated heterocycles. The Kier molecular flexibility index (Phi) is 4.84. The molecule has 1 aliphatic heterocycles. The molecule has 1 atom stereocenters. The second kappa shape index (κ2) is 6.42. The molecule has 1 aromatic carbocycles. The van der Waals surface area contributed by atoms with Crippen molar-refractivity contribution in [3.8, 4) is 0 Å². The molecule has 1 N–H and O–H groups in total. The Labute approximate surface area is 130 Å². The van der Waals surface area contributed by atoms with Crippen molar-refractivity contribution in [2.75, 3.05) is 5.32 Å². The van der Waals surface area contributed by atoms with E-state index in [4.69, 9.17) is 0 Å². The van der Waals surface area contributed by atoms with Crippen molar-refractivity contribution in [2.24, 2.45) is 4.99 Å². The molecule has 0 radical (unpaired) electrons. The van der Waals surface area contributed by atoms with Gasteiger partial charge in [-0.05, 0) is 30.5 Å². The average molecular weight is 307 g/mol. The number of nitrogens with zero attached hydrogens (tertiary/aromatic N) is 1. The van der Waals surface area contributed by atoms with E-state index in [1.807, 2.05) is 17.7 Å². The summed E-state index contributed by atoms with van der Waals surface area (Å²) in [5.41, 5.74) is 3.84. The monoisotopic (exact) mass is 306 g/mol. The van der Waals surface area contributed by atoms with Crippen LogP contribution in [0.4, 0.5) is 5.69 Å².